The molecule has 0 amide bonds. The number of likely N-dealkylation sites (tertiary alicyclic amines) is 1. The van der Waals surface area contributed by atoms with E-state index in [2.05, 4.69) is 38.0 Å². The van der Waals surface area contributed by atoms with Crippen LogP contribution in [0.2, 0.25) is 0 Å². The predicted octanol–water partition coefficient (Wildman–Crippen LogP) is 1.87. The minimum absolute atomic E-state index is 0.268. The molecule has 0 radical (unpaired) electrons. The quantitative estimate of drug-likeness (QED) is 0.797. The van der Waals surface area contributed by atoms with Gasteiger partial charge in [0.25, 0.3) is 0 Å². The zero-order valence-electron chi connectivity index (χ0n) is 11.8. The van der Waals surface area contributed by atoms with E-state index in [4.69, 9.17) is 4.74 Å². The molecule has 0 saturated carbocycles. The summed E-state index contributed by atoms with van der Waals surface area (Å²) in [7, 11) is 2.09. The van der Waals surface area contributed by atoms with Gasteiger partial charge in [-0.25, -0.2) is 0 Å². The molecule has 17 heavy (non-hydrogen) atoms. The van der Waals surface area contributed by atoms with Gasteiger partial charge in [0.15, 0.2) is 0 Å². The van der Waals surface area contributed by atoms with Crippen LogP contribution in [0.1, 0.15) is 40.0 Å². The lowest BCUT2D eigenvalue weighted by atomic mass is 9.81. The lowest BCUT2D eigenvalue weighted by Crippen LogP contribution is -2.62. The molecular formula is C14H28N2O. The molecule has 3 nitrogen and oxygen atoms in total. The zero-order chi connectivity index (χ0) is 12.5. The number of ether oxygens (including phenoxy) is 1. The first-order chi connectivity index (χ1) is 8.08. The van der Waals surface area contributed by atoms with Crippen LogP contribution in [0, 0.1) is 5.92 Å². The average Bonchev–Trinajstić information content (AvgIpc) is 2.33. The molecule has 2 aliphatic heterocycles. The smallest absolute Gasteiger partial charge is 0.0647 e. The van der Waals surface area contributed by atoms with Crippen molar-refractivity contribution in [3.63, 3.8) is 0 Å². The van der Waals surface area contributed by atoms with Crippen LogP contribution in [0.5, 0.6) is 0 Å². The van der Waals surface area contributed by atoms with Crippen molar-refractivity contribution in [1.82, 2.24) is 10.2 Å². The highest BCUT2D eigenvalue weighted by Gasteiger charge is 2.42. The predicted molar refractivity (Wildman–Crippen MR) is 71.3 cm³/mol. The van der Waals surface area contributed by atoms with E-state index < -0.39 is 0 Å². The van der Waals surface area contributed by atoms with Crippen molar-refractivity contribution in [3.8, 4) is 0 Å². The summed E-state index contributed by atoms with van der Waals surface area (Å²) in [6, 6.07) is 1.32. The van der Waals surface area contributed by atoms with Crippen LogP contribution in [0.25, 0.3) is 0 Å². The Labute approximate surface area is 106 Å². The summed E-state index contributed by atoms with van der Waals surface area (Å²) >= 11 is 0. The van der Waals surface area contributed by atoms with Crippen LogP contribution in [-0.2, 0) is 4.74 Å². The van der Waals surface area contributed by atoms with Crippen molar-refractivity contribution in [3.05, 3.63) is 0 Å². The van der Waals surface area contributed by atoms with Crippen molar-refractivity contribution in [1.29, 1.82) is 0 Å². The highest BCUT2D eigenvalue weighted by Crippen LogP contribution is 2.34. The SMILES string of the molecule is CNC1CCN(C2(C)CCCOC2)C(C)C1C. The molecule has 0 bridgehead atoms. The van der Waals surface area contributed by atoms with Gasteiger partial charge in [0.05, 0.1) is 6.61 Å². The van der Waals surface area contributed by atoms with E-state index in [1.165, 1.54) is 25.8 Å². The molecular weight excluding hydrogens is 212 g/mol. The van der Waals surface area contributed by atoms with E-state index in [1.54, 1.807) is 0 Å². The molecule has 0 spiro atoms. The van der Waals surface area contributed by atoms with Crippen molar-refractivity contribution in [2.75, 3.05) is 26.8 Å². The number of nitrogens with zero attached hydrogens (tertiary/aromatic N) is 1. The van der Waals surface area contributed by atoms with E-state index in [-0.39, 0.29) is 5.54 Å². The summed E-state index contributed by atoms with van der Waals surface area (Å²) in [5, 5.41) is 3.46. The van der Waals surface area contributed by atoms with Gasteiger partial charge in [-0.2, -0.15) is 0 Å². The van der Waals surface area contributed by atoms with Gasteiger partial charge in [-0.15, -0.1) is 0 Å². The zero-order valence-corrected chi connectivity index (χ0v) is 11.8. The number of rotatable bonds is 2. The molecule has 0 aromatic rings. The molecule has 2 fully saturated rings. The minimum atomic E-state index is 0.268. The van der Waals surface area contributed by atoms with Gasteiger partial charge in [-0.3, -0.25) is 4.90 Å². The third-order valence-electron chi connectivity index (χ3n) is 5.05. The topological polar surface area (TPSA) is 24.5 Å². The maximum atomic E-state index is 5.72. The molecule has 100 valence electrons. The van der Waals surface area contributed by atoms with Crippen LogP contribution in [0.15, 0.2) is 0 Å². The Kier molecular flexibility index (Phi) is 4.11. The van der Waals surface area contributed by atoms with E-state index in [0.717, 1.165) is 13.2 Å². The number of hydrogen-bond donors (Lipinski definition) is 1. The Bertz CT molecular complexity index is 251. The Morgan fingerprint density at radius 2 is 2.12 bits per heavy atom. The van der Waals surface area contributed by atoms with E-state index in [0.29, 0.717) is 18.0 Å². The summed E-state index contributed by atoms with van der Waals surface area (Å²) in [6.07, 6.45) is 3.76. The fraction of sp³-hybridized carbons (Fsp3) is 1.00. The van der Waals surface area contributed by atoms with Gasteiger partial charge in [0.2, 0.25) is 0 Å². The van der Waals surface area contributed by atoms with E-state index in [1.807, 2.05) is 0 Å². The highest BCUT2D eigenvalue weighted by atomic mass is 16.5. The normalized spacial score (nSPS) is 44.8. The van der Waals surface area contributed by atoms with Crippen LogP contribution >= 0.6 is 0 Å². The Morgan fingerprint density at radius 3 is 2.71 bits per heavy atom. The molecule has 0 aliphatic carbocycles. The first-order valence-corrected chi connectivity index (χ1v) is 7.10. The maximum absolute atomic E-state index is 5.72. The van der Waals surface area contributed by atoms with Gasteiger partial charge >= 0.3 is 0 Å². The van der Waals surface area contributed by atoms with Gasteiger partial charge < -0.3 is 10.1 Å². The summed E-state index contributed by atoms with van der Waals surface area (Å²) in [5.41, 5.74) is 0.268. The minimum Gasteiger partial charge on any atom is -0.380 e. The Hall–Kier alpha value is -0.120. The van der Waals surface area contributed by atoms with Crippen molar-refractivity contribution >= 4 is 0 Å². The highest BCUT2D eigenvalue weighted by molar-refractivity contribution is 4.97. The molecule has 4 unspecified atom stereocenters. The van der Waals surface area contributed by atoms with Crippen LogP contribution in [0.3, 0.4) is 0 Å². The molecule has 2 heterocycles. The summed E-state index contributed by atoms with van der Waals surface area (Å²) in [6.45, 7) is 10.2. The van der Waals surface area contributed by atoms with Gasteiger partial charge in [0, 0.05) is 30.8 Å². The fourth-order valence-electron chi connectivity index (χ4n) is 3.68. The molecule has 3 heteroatoms. The monoisotopic (exact) mass is 240 g/mol. The van der Waals surface area contributed by atoms with Crippen molar-refractivity contribution in [2.24, 2.45) is 5.92 Å². The lowest BCUT2D eigenvalue weighted by molar-refractivity contribution is -0.0806. The van der Waals surface area contributed by atoms with Gasteiger partial charge in [-0.05, 0) is 46.1 Å². The first-order valence-electron chi connectivity index (χ1n) is 7.10. The maximum Gasteiger partial charge on any atom is 0.0647 e. The van der Waals surface area contributed by atoms with Crippen LogP contribution < -0.4 is 5.32 Å². The van der Waals surface area contributed by atoms with Crippen molar-refractivity contribution in [2.45, 2.75) is 57.7 Å². The summed E-state index contributed by atoms with van der Waals surface area (Å²) in [4.78, 5) is 2.70. The average molecular weight is 240 g/mol. The fourth-order valence-corrected chi connectivity index (χ4v) is 3.68. The molecule has 2 rings (SSSR count). The summed E-state index contributed by atoms with van der Waals surface area (Å²) < 4.78 is 5.72. The van der Waals surface area contributed by atoms with Gasteiger partial charge in [-0.1, -0.05) is 6.92 Å². The third kappa shape index (κ3) is 2.51. The lowest BCUT2D eigenvalue weighted by Gasteiger charge is -2.52. The number of nitrogens with one attached hydrogen (secondary N) is 1. The van der Waals surface area contributed by atoms with Crippen LogP contribution in [-0.4, -0.2) is 49.3 Å². The molecule has 1 N–H and O–H groups in total. The third-order valence-corrected chi connectivity index (χ3v) is 5.05. The largest absolute Gasteiger partial charge is 0.380 e. The van der Waals surface area contributed by atoms with Crippen LogP contribution in [0.4, 0.5) is 0 Å². The van der Waals surface area contributed by atoms with E-state index >= 15 is 0 Å². The molecule has 4 atom stereocenters. The first kappa shape index (κ1) is 13.3. The second kappa shape index (κ2) is 5.25. The number of piperidine rings is 1. The Balaban J connectivity index is 2.06. The molecule has 2 saturated heterocycles. The standard InChI is InChI=1S/C14H28N2O/c1-11-12(2)16(8-6-13(11)15-4)14(3)7-5-9-17-10-14/h11-13,15H,5-10H2,1-4H3. The molecule has 0 aromatic heterocycles. The second-order valence-electron chi connectivity index (χ2n) is 6.13. The molecule has 0 aromatic carbocycles. The van der Waals surface area contributed by atoms with Crippen molar-refractivity contribution < 1.29 is 4.74 Å². The van der Waals surface area contributed by atoms with E-state index in [9.17, 15) is 0 Å². The molecule has 2 aliphatic rings. The Morgan fingerprint density at radius 1 is 1.35 bits per heavy atom. The van der Waals surface area contributed by atoms with Gasteiger partial charge in [0.1, 0.15) is 0 Å². The number of hydrogen-bond acceptors (Lipinski definition) is 3. The second-order valence-corrected chi connectivity index (χ2v) is 6.13. The summed E-state index contributed by atoms with van der Waals surface area (Å²) in [5.74, 6) is 0.715.